The van der Waals surface area contributed by atoms with E-state index in [1.54, 1.807) is 12.0 Å². The topological polar surface area (TPSA) is 61.8 Å². The van der Waals surface area contributed by atoms with Crippen LogP contribution < -0.4 is 5.32 Å². The zero-order valence-corrected chi connectivity index (χ0v) is 13.5. The molecule has 0 saturated carbocycles. The molecule has 0 aromatic heterocycles. The molecule has 0 spiro atoms. The molecular formula is C16H26N2O3. The number of hydrogen-bond donors (Lipinski definition) is 2. The molecule has 0 aliphatic heterocycles. The lowest BCUT2D eigenvalue weighted by atomic mass is 10.1. The van der Waals surface area contributed by atoms with Crippen molar-refractivity contribution in [1.29, 1.82) is 0 Å². The molecule has 0 bridgehead atoms. The fourth-order valence-electron chi connectivity index (χ4n) is 2.00. The number of nitrogens with one attached hydrogen (secondary N) is 1. The van der Waals surface area contributed by atoms with Crippen molar-refractivity contribution < 1.29 is 14.6 Å². The van der Waals surface area contributed by atoms with E-state index in [1.165, 1.54) is 5.56 Å². The van der Waals surface area contributed by atoms with Gasteiger partial charge in [-0.3, -0.25) is 9.69 Å². The highest BCUT2D eigenvalue weighted by Crippen LogP contribution is 2.14. The van der Waals surface area contributed by atoms with E-state index in [-0.39, 0.29) is 18.6 Å². The van der Waals surface area contributed by atoms with Gasteiger partial charge in [-0.25, -0.2) is 0 Å². The van der Waals surface area contributed by atoms with Gasteiger partial charge in [-0.1, -0.05) is 6.07 Å². The Labute approximate surface area is 126 Å². The number of amides is 1. The van der Waals surface area contributed by atoms with E-state index in [4.69, 9.17) is 4.74 Å². The fraction of sp³-hybridized carbons (Fsp3) is 0.562. The van der Waals surface area contributed by atoms with Gasteiger partial charge in [-0.2, -0.15) is 0 Å². The Morgan fingerprint density at radius 2 is 2.05 bits per heavy atom. The summed E-state index contributed by atoms with van der Waals surface area (Å²) in [5.41, 5.74) is 3.13. The van der Waals surface area contributed by atoms with Gasteiger partial charge in [0.25, 0.3) is 0 Å². The number of likely N-dealkylation sites (N-methyl/N-ethyl adjacent to an activating group) is 1. The minimum atomic E-state index is -0.600. The molecule has 1 rings (SSSR count). The predicted molar refractivity (Wildman–Crippen MR) is 84.5 cm³/mol. The first-order chi connectivity index (χ1) is 9.85. The molecule has 0 radical (unpaired) electrons. The predicted octanol–water partition coefficient (Wildman–Crippen LogP) is 1.57. The Bertz CT molecular complexity index is 477. The number of benzene rings is 1. The van der Waals surface area contributed by atoms with Gasteiger partial charge in [-0.15, -0.1) is 0 Å². The third-order valence-corrected chi connectivity index (χ3v) is 3.67. The van der Waals surface area contributed by atoms with Gasteiger partial charge < -0.3 is 15.2 Å². The summed E-state index contributed by atoms with van der Waals surface area (Å²) in [5, 5.41) is 12.6. The summed E-state index contributed by atoms with van der Waals surface area (Å²) in [6.07, 6.45) is -0.600. The largest absolute Gasteiger partial charge is 0.389 e. The van der Waals surface area contributed by atoms with Crippen molar-refractivity contribution in [3.05, 3.63) is 29.3 Å². The van der Waals surface area contributed by atoms with Crippen LogP contribution in [0.25, 0.3) is 0 Å². The molecule has 0 aliphatic carbocycles. The van der Waals surface area contributed by atoms with Gasteiger partial charge in [-0.05, 0) is 51.1 Å². The number of methoxy groups -OCH3 is 1. The smallest absolute Gasteiger partial charge is 0.241 e. The quantitative estimate of drug-likeness (QED) is 0.801. The summed E-state index contributed by atoms with van der Waals surface area (Å²) in [6, 6.07) is 5.51. The van der Waals surface area contributed by atoms with Crippen LogP contribution >= 0.6 is 0 Å². The lowest BCUT2D eigenvalue weighted by Gasteiger charge is -2.26. The highest BCUT2D eigenvalue weighted by Gasteiger charge is 2.20. The number of hydrogen-bond acceptors (Lipinski definition) is 4. The molecule has 0 fully saturated rings. The highest BCUT2D eigenvalue weighted by atomic mass is 16.5. The number of aryl methyl sites for hydroxylation is 2. The van der Waals surface area contributed by atoms with Crippen molar-refractivity contribution in [2.75, 3.05) is 32.6 Å². The Kier molecular flexibility index (Phi) is 6.81. The van der Waals surface area contributed by atoms with Crippen molar-refractivity contribution in [3.63, 3.8) is 0 Å². The van der Waals surface area contributed by atoms with Gasteiger partial charge in [0.05, 0.1) is 18.8 Å². The van der Waals surface area contributed by atoms with Crippen molar-refractivity contribution in [1.82, 2.24) is 4.90 Å². The SMILES string of the molecule is COC[C@H](O)CN(C)[C@H](C)C(=O)Nc1ccc(C)c(C)c1. The highest BCUT2D eigenvalue weighted by molar-refractivity contribution is 5.94. The van der Waals surface area contributed by atoms with Crippen LogP contribution in [0, 0.1) is 13.8 Å². The fourth-order valence-corrected chi connectivity index (χ4v) is 2.00. The molecule has 118 valence electrons. The van der Waals surface area contributed by atoms with Gasteiger partial charge in [0.1, 0.15) is 0 Å². The summed E-state index contributed by atoms with van der Waals surface area (Å²) in [5.74, 6) is -0.0923. The standard InChI is InChI=1S/C16H26N2O3/c1-11-6-7-14(8-12(11)2)17-16(20)13(3)18(4)9-15(19)10-21-5/h6-8,13,15,19H,9-10H2,1-5H3,(H,17,20)/t13-,15-/m1/s1. The second-order valence-electron chi connectivity index (χ2n) is 5.51. The van der Waals surface area contributed by atoms with Crippen molar-refractivity contribution in [3.8, 4) is 0 Å². The maximum absolute atomic E-state index is 12.2. The number of ether oxygens (including phenoxy) is 1. The first-order valence-electron chi connectivity index (χ1n) is 7.10. The van der Waals surface area contributed by atoms with Crippen LogP contribution in [0.3, 0.4) is 0 Å². The van der Waals surface area contributed by atoms with Crippen molar-refractivity contribution in [2.45, 2.75) is 32.9 Å². The maximum Gasteiger partial charge on any atom is 0.241 e. The van der Waals surface area contributed by atoms with E-state index in [0.29, 0.717) is 6.54 Å². The molecule has 0 saturated heterocycles. The Hall–Kier alpha value is -1.43. The zero-order valence-electron chi connectivity index (χ0n) is 13.5. The summed E-state index contributed by atoms with van der Waals surface area (Å²) in [7, 11) is 3.35. The molecule has 21 heavy (non-hydrogen) atoms. The number of aliphatic hydroxyl groups excluding tert-OH is 1. The van der Waals surface area contributed by atoms with Crippen LogP contribution in [-0.2, 0) is 9.53 Å². The second-order valence-corrected chi connectivity index (χ2v) is 5.51. The molecule has 2 N–H and O–H groups in total. The van der Waals surface area contributed by atoms with Gasteiger partial charge in [0.2, 0.25) is 5.91 Å². The first kappa shape index (κ1) is 17.6. The van der Waals surface area contributed by atoms with Crippen molar-refractivity contribution >= 4 is 11.6 Å². The van der Waals surface area contributed by atoms with Crippen LogP contribution in [0.4, 0.5) is 5.69 Å². The Balaban J connectivity index is 2.59. The molecule has 0 aliphatic rings. The normalized spacial score (nSPS) is 14.0. The number of aliphatic hydroxyl groups is 1. The van der Waals surface area contributed by atoms with Crippen LogP contribution in [0.5, 0.6) is 0 Å². The Morgan fingerprint density at radius 1 is 1.38 bits per heavy atom. The van der Waals surface area contributed by atoms with Gasteiger partial charge in [0.15, 0.2) is 0 Å². The summed E-state index contributed by atoms with van der Waals surface area (Å²) >= 11 is 0. The third kappa shape index (κ3) is 5.46. The van der Waals surface area contributed by atoms with Crippen LogP contribution in [-0.4, -0.2) is 55.4 Å². The van der Waals surface area contributed by atoms with E-state index in [9.17, 15) is 9.90 Å². The molecule has 1 aromatic rings. The summed E-state index contributed by atoms with van der Waals surface area (Å²) in [6.45, 7) is 6.51. The van der Waals surface area contributed by atoms with Crippen molar-refractivity contribution in [2.24, 2.45) is 0 Å². The van der Waals surface area contributed by atoms with E-state index in [0.717, 1.165) is 11.3 Å². The van der Waals surface area contributed by atoms with Crippen LogP contribution in [0.15, 0.2) is 18.2 Å². The van der Waals surface area contributed by atoms with E-state index >= 15 is 0 Å². The van der Waals surface area contributed by atoms with Crippen LogP contribution in [0.1, 0.15) is 18.1 Å². The van der Waals surface area contributed by atoms with Crippen LogP contribution in [0.2, 0.25) is 0 Å². The molecule has 5 nitrogen and oxygen atoms in total. The second kappa shape index (κ2) is 8.12. The lowest BCUT2D eigenvalue weighted by Crippen LogP contribution is -2.44. The minimum Gasteiger partial charge on any atom is -0.389 e. The number of nitrogens with zero attached hydrogens (tertiary/aromatic N) is 1. The maximum atomic E-state index is 12.2. The number of carbonyl (C=O) groups excluding carboxylic acids is 1. The van der Waals surface area contributed by atoms with Gasteiger partial charge in [0, 0.05) is 19.3 Å². The summed E-state index contributed by atoms with van der Waals surface area (Å²) < 4.78 is 4.89. The number of carbonyl (C=O) groups is 1. The molecule has 5 heteroatoms. The zero-order chi connectivity index (χ0) is 16.0. The molecule has 1 aromatic carbocycles. The average molecular weight is 294 g/mol. The molecule has 0 heterocycles. The molecule has 2 atom stereocenters. The molecule has 1 amide bonds. The number of anilines is 1. The van der Waals surface area contributed by atoms with E-state index in [1.807, 2.05) is 46.0 Å². The van der Waals surface area contributed by atoms with Gasteiger partial charge >= 0.3 is 0 Å². The molecular weight excluding hydrogens is 268 g/mol. The first-order valence-corrected chi connectivity index (χ1v) is 7.10. The minimum absolute atomic E-state index is 0.0923. The average Bonchev–Trinajstić information content (AvgIpc) is 2.42. The number of rotatable bonds is 7. The Morgan fingerprint density at radius 3 is 2.62 bits per heavy atom. The third-order valence-electron chi connectivity index (χ3n) is 3.67. The lowest BCUT2D eigenvalue weighted by molar-refractivity contribution is -0.120. The van der Waals surface area contributed by atoms with E-state index in [2.05, 4.69) is 5.32 Å². The van der Waals surface area contributed by atoms with E-state index < -0.39 is 6.10 Å². The molecule has 0 unspecified atom stereocenters. The summed E-state index contributed by atoms with van der Waals surface area (Å²) in [4.78, 5) is 14.0. The monoisotopic (exact) mass is 294 g/mol.